The number of carbonyl (C=O) groups excluding carboxylic acids is 1. The molecule has 5 nitrogen and oxygen atoms in total. The number of anilines is 1. The number of carboxylic acid groups (broad SMARTS) is 1. The molecule has 0 bridgehead atoms. The van der Waals surface area contributed by atoms with Crippen LogP contribution in [0.1, 0.15) is 68.9 Å². The van der Waals surface area contributed by atoms with Crippen LogP contribution < -0.4 is 5.32 Å². The van der Waals surface area contributed by atoms with Gasteiger partial charge in [0.2, 0.25) is 5.91 Å². The van der Waals surface area contributed by atoms with Crippen molar-refractivity contribution in [3.8, 4) is 6.07 Å². The molecule has 27 heavy (non-hydrogen) atoms. The average Bonchev–Trinajstić information content (AvgIpc) is 2.96. The van der Waals surface area contributed by atoms with Crippen molar-refractivity contribution in [1.82, 2.24) is 0 Å². The minimum atomic E-state index is -0.895. The first kappa shape index (κ1) is 19.9. The maximum atomic E-state index is 12.8. The Hall–Kier alpha value is -1.87. The van der Waals surface area contributed by atoms with Gasteiger partial charge in [0.15, 0.2) is 0 Å². The molecular weight excluding hydrogens is 360 g/mol. The maximum absolute atomic E-state index is 12.8. The van der Waals surface area contributed by atoms with E-state index in [2.05, 4.69) is 32.2 Å². The summed E-state index contributed by atoms with van der Waals surface area (Å²) in [5.41, 5.74) is 1.88. The topological polar surface area (TPSA) is 90.2 Å². The smallest absolute Gasteiger partial charge is 0.307 e. The molecular formula is C21H28N2O3S. The second-order valence-corrected chi connectivity index (χ2v) is 10.1. The summed E-state index contributed by atoms with van der Waals surface area (Å²) in [6.07, 6.45) is 5.74. The van der Waals surface area contributed by atoms with Gasteiger partial charge in [0.1, 0.15) is 11.1 Å². The Kier molecular flexibility index (Phi) is 5.62. The van der Waals surface area contributed by atoms with Crippen molar-refractivity contribution in [1.29, 1.82) is 5.26 Å². The molecule has 1 saturated carbocycles. The number of nitrogens with zero attached hydrogens (tertiary/aromatic N) is 1. The van der Waals surface area contributed by atoms with E-state index in [1.54, 1.807) is 0 Å². The SMILES string of the molecule is CC(C)(C)[C@@H]1CCc2c(sc(NC(=O)[C@H]3CCCC[C@@H]3C(=O)O)c2C#N)C1. The molecule has 0 aliphatic heterocycles. The number of amides is 1. The van der Waals surface area contributed by atoms with Crippen LogP contribution in [0.2, 0.25) is 0 Å². The number of carboxylic acids is 1. The molecule has 1 heterocycles. The number of fused-ring (bicyclic) bond motifs is 1. The van der Waals surface area contributed by atoms with Gasteiger partial charge < -0.3 is 10.4 Å². The minimum Gasteiger partial charge on any atom is -0.481 e. The van der Waals surface area contributed by atoms with Crippen LogP contribution in [0.4, 0.5) is 5.00 Å². The van der Waals surface area contributed by atoms with Gasteiger partial charge in [-0.1, -0.05) is 33.6 Å². The van der Waals surface area contributed by atoms with E-state index in [-0.39, 0.29) is 11.3 Å². The van der Waals surface area contributed by atoms with Crippen molar-refractivity contribution >= 4 is 28.2 Å². The summed E-state index contributed by atoms with van der Waals surface area (Å²) < 4.78 is 0. The summed E-state index contributed by atoms with van der Waals surface area (Å²) in [4.78, 5) is 25.5. The van der Waals surface area contributed by atoms with E-state index in [0.29, 0.717) is 29.3 Å². The third kappa shape index (κ3) is 4.03. The lowest BCUT2D eigenvalue weighted by Gasteiger charge is -2.33. The van der Waals surface area contributed by atoms with Crippen molar-refractivity contribution < 1.29 is 14.7 Å². The van der Waals surface area contributed by atoms with Gasteiger partial charge in [-0.15, -0.1) is 11.3 Å². The van der Waals surface area contributed by atoms with Crippen LogP contribution in [0.15, 0.2) is 0 Å². The van der Waals surface area contributed by atoms with E-state index < -0.39 is 17.8 Å². The van der Waals surface area contributed by atoms with Crippen LogP contribution in [0.5, 0.6) is 0 Å². The molecule has 0 aromatic carbocycles. The molecule has 1 fully saturated rings. The Morgan fingerprint density at radius 2 is 1.85 bits per heavy atom. The zero-order valence-corrected chi connectivity index (χ0v) is 17.1. The number of nitriles is 1. The normalized spacial score (nSPS) is 25.3. The lowest BCUT2D eigenvalue weighted by atomic mass is 9.72. The Morgan fingerprint density at radius 3 is 2.44 bits per heavy atom. The molecule has 146 valence electrons. The first-order chi connectivity index (χ1) is 12.7. The van der Waals surface area contributed by atoms with Gasteiger partial charge >= 0.3 is 5.97 Å². The van der Waals surface area contributed by atoms with Crippen molar-refractivity contribution in [2.45, 2.75) is 65.7 Å². The highest BCUT2D eigenvalue weighted by Crippen LogP contribution is 2.44. The van der Waals surface area contributed by atoms with Gasteiger partial charge in [-0.05, 0) is 49.0 Å². The van der Waals surface area contributed by atoms with Crippen LogP contribution in [-0.2, 0) is 22.4 Å². The standard InChI is InChI=1S/C21H28N2O3S/c1-21(2,3)12-8-9-13-16(11-22)19(27-17(13)10-12)23-18(24)14-6-4-5-7-15(14)20(25)26/h12,14-15H,4-10H2,1-3H3,(H,23,24)(H,25,26)/t12-,14+,15+/m1/s1. The highest BCUT2D eigenvalue weighted by atomic mass is 32.1. The molecule has 1 amide bonds. The Morgan fingerprint density at radius 1 is 1.19 bits per heavy atom. The predicted molar refractivity (Wildman–Crippen MR) is 106 cm³/mol. The summed E-state index contributed by atoms with van der Waals surface area (Å²) in [5, 5.41) is 22.6. The monoisotopic (exact) mass is 388 g/mol. The number of carbonyl (C=O) groups is 2. The van der Waals surface area contributed by atoms with Crippen LogP contribution >= 0.6 is 11.3 Å². The molecule has 1 aromatic heterocycles. The largest absolute Gasteiger partial charge is 0.481 e. The summed E-state index contributed by atoms with van der Waals surface area (Å²) >= 11 is 1.51. The number of thiophene rings is 1. The van der Waals surface area contributed by atoms with Crippen LogP contribution in [0.25, 0.3) is 0 Å². The van der Waals surface area contributed by atoms with Gasteiger partial charge in [0.25, 0.3) is 0 Å². The quantitative estimate of drug-likeness (QED) is 0.792. The van der Waals surface area contributed by atoms with Gasteiger partial charge in [-0.25, -0.2) is 0 Å². The first-order valence-corrected chi connectivity index (χ1v) is 10.6. The molecule has 0 radical (unpaired) electrons. The number of hydrogen-bond acceptors (Lipinski definition) is 4. The van der Waals surface area contributed by atoms with Crippen molar-refractivity contribution in [3.05, 3.63) is 16.0 Å². The molecule has 0 unspecified atom stereocenters. The van der Waals surface area contributed by atoms with E-state index in [9.17, 15) is 20.0 Å². The summed E-state index contributed by atoms with van der Waals surface area (Å²) in [7, 11) is 0. The second-order valence-electron chi connectivity index (χ2n) is 8.95. The summed E-state index contributed by atoms with van der Waals surface area (Å²) in [6.45, 7) is 6.75. The van der Waals surface area contributed by atoms with E-state index >= 15 is 0 Å². The number of hydrogen-bond donors (Lipinski definition) is 2. The lowest BCUT2D eigenvalue weighted by molar-refractivity contribution is -0.147. The van der Waals surface area contributed by atoms with Crippen LogP contribution in [0.3, 0.4) is 0 Å². The zero-order valence-electron chi connectivity index (χ0n) is 16.3. The number of rotatable bonds is 3. The van der Waals surface area contributed by atoms with Gasteiger partial charge in [0.05, 0.1) is 17.4 Å². The third-order valence-corrected chi connectivity index (χ3v) is 7.43. The van der Waals surface area contributed by atoms with Crippen molar-refractivity contribution in [3.63, 3.8) is 0 Å². The minimum absolute atomic E-state index is 0.217. The van der Waals surface area contributed by atoms with E-state index in [1.807, 2.05) is 0 Å². The third-order valence-electron chi connectivity index (χ3n) is 6.26. The zero-order chi connectivity index (χ0) is 19.8. The Balaban J connectivity index is 1.82. The highest BCUT2D eigenvalue weighted by Gasteiger charge is 2.37. The molecule has 2 aliphatic rings. The predicted octanol–water partition coefficient (Wildman–Crippen LogP) is 4.60. The first-order valence-electron chi connectivity index (χ1n) is 9.80. The average molecular weight is 389 g/mol. The molecule has 3 atom stereocenters. The second kappa shape index (κ2) is 7.63. The number of aliphatic carboxylic acids is 1. The maximum Gasteiger partial charge on any atom is 0.307 e. The molecule has 6 heteroatoms. The van der Waals surface area contributed by atoms with Gasteiger partial charge in [-0.2, -0.15) is 5.26 Å². The van der Waals surface area contributed by atoms with E-state index in [1.165, 1.54) is 16.2 Å². The fourth-order valence-corrected chi connectivity index (χ4v) is 5.76. The Bertz CT molecular complexity index is 785. The van der Waals surface area contributed by atoms with Crippen molar-refractivity contribution in [2.24, 2.45) is 23.2 Å². The lowest BCUT2D eigenvalue weighted by Crippen LogP contribution is -2.36. The van der Waals surface area contributed by atoms with Gasteiger partial charge in [-0.3, -0.25) is 9.59 Å². The summed E-state index contributed by atoms with van der Waals surface area (Å²) in [5.74, 6) is -1.71. The molecule has 1 aromatic rings. The highest BCUT2D eigenvalue weighted by molar-refractivity contribution is 7.16. The molecule has 2 N–H and O–H groups in total. The van der Waals surface area contributed by atoms with E-state index in [0.717, 1.165) is 37.7 Å². The van der Waals surface area contributed by atoms with Crippen molar-refractivity contribution in [2.75, 3.05) is 5.32 Å². The van der Waals surface area contributed by atoms with Crippen LogP contribution in [-0.4, -0.2) is 17.0 Å². The van der Waals surface area contributed by atoms with Crippen LogP contribution in [0, 0.1) is 34.5 Å². The fourth-order valence-electron chi connectivity index (χ4n) is 4.48. The summed E-state index contributed by atoms with van der Waals surface area (Å²) in [6, 6.07) is 2.28. The Labute approximate surface area is 164 Å². The van der Waals surface area contributed by atoms with Gasteiger partial charge in [0, 0.05) is 4.88 Å². The molecule has 0 saturated heterocycles. The number of nitrogens with one attached hydrogen (secondary N) is 1. The molecule has 2 aliphatic carbocycles. The molecule has 0 spiro atoms. The fraction of sp³-hybridized carbons (Fsp3) is 0.667. The van der Waals surface area contributed by atoms with E-state index in [4.69, 9.17) is 0 Å². The molecule has 3 rings (SSSR count).